The lowest BCUT2D eigenvalue weighted by Gasteiger charge is -2.09. The smallest absolute Gasteiger partial charge is 0.123 e. The van der Waals surface area contributed by atoms with Gasteiger partial charge < -0.3 is 10.5 Å². The summed E-state index contributed by atoms with van der Waals surface area (Å²) >= 11 is 5.82. The van der Waals surface area contributed by atoms with Crippen molar-refractivity contribution < 1.29 is 9.13 Å². The average Bonchev–Trinajstić information content (AvgIpc) is 2.17. The molecule has 0 aliphatic rings. The van der Waals surface area contributed by atoms with Crippen LogP contribution >= 0.6 is 11.6 Å². The molecule has 78 valence electrons. The third-order valence-corrected chi connectivity index (χ3v) is 2.01. The van der Waals surface area contributed by atoms with Gasteiger partial charge in [-0.2, -0.15) is 0 Å². The van der Waals surface area contributed by atoms with Crippen LogP contribution in [0.25, 0.3) is 0 Å². The Morgan fingerprint density at radius 1 is 1.43 bits per heavy atom. The minimum absolute atomic E-state index is 0.0687. The molecule has 0 aliphatic heterocycles. The van der Waals surface area contributed by atoms with E-state index in [4.69, 9.17) is 22.1 Å². The van der Waals surface area contributed by atoms with E-state index >= 15 is 0 Å². The highest BCUT2D eigenvalue weighted by atomic mass is 35.5. The van der Waals surface area contributed by atoms with Crippen LogP contribution in [0, 0.1) is 0 Å². The first-order chi connectivity index (χ1) is 6.77. The predicted octanol–water partition coefficient (Wildman–Crippen LogP) is 2.19. The summed E-state index contributed by atoms with van der Waals surface area (Å²) in [7, 11) is 0. The number of ether oxygens (including phenoxy) is 1. The fraction of sp³-hybridized carbons (Fsp3) is 0.400. The lowest BCUT2D eigenvalue weighted by atomic mass is 10.1. The summed E-state index contributed by atoms with van der Waals surface area (Å²) < 4.78 is 17.1. The van der Waals surface area contributed by atoms with Crippen LogP contribution in [0.1, 0.15) is 5.56 Å². The first-order valence-electron chi connectivity index (χ1n) is 4.45. The van der Waals surface area contributed by atoms with Crippen LogP contribution in [0.3, 0.4) is 0 Å². The van der Waals surface area contributed by atoms with E-state index in [2.05, 4.69) is 0 Å². The predicted molar refractivity (Wildman–Crippen MR) is 55.7 cm³/mol. The highest BCUT2D eigenvalue weighted by Gasteiger charge is 2.03. The van der Waals surface area contributed by atoms with Gasteiger partial charge in [0.15, 0.2) is 0 Å². The Bertz CT molecular complexity index is 293. The Hall–Kier alpha value is -0.800. The van der Waals surface area contributed by atoms with E-state index in [0.717, 1.165) is 5.56 Å². The van der Waals surface area contributed by atoms with Gasteiger partial charge in [0, 0.05) is 5.02 Å². The highest BCUT2D eigenvalue weighted by molar-refractivity contribution is 6.30. The van der Waals surface area contributed by atoms with Gasteiger partial charge in [-0.15, -0.1) is 0 Å². The number of hydrogen-bond acceptors (Lipinski definition) is 2. The maximum Gasteiger partial charge on any atom is 0.123 e. The van der Waals surface area contributed by atoms with Gasteiger partial charge >= 0.3 is 0 Å². The van der Waals surface area contributed by atoms with E-state index in [-0.39, 0.29) is 6.61 Å². The van der Waals surface area contributed by atoms with Gasteiger partial charge in [-0.05, 0) is 36.7 Å². The first kappa shape index (κ1) is 11.3. The Kier molecular flexibility index (Phi) is 4.70. The summed E-state index contributed by atoms with van der Waals surface area (Å²) in [6.07, 6.45) is 0.683. The number of halogens is 2. The van der Waals surface area contributed by atoms with E-state index in [0.29, 0.717) is 23.7 Å². The monoisotopic (exact) mass is 217 g/mol. The molecule has 0 aromatic heterocycles. The van der Waals surface area contributed by atoms with Crippen LogP contribution in [0.5, 0.6) is 5.75 Å². The zero-order valence-electron chi connectivity index (χ0n) is 7.80. The second-order valence-corrected chi connectivity index (χ2v) is 3.26. The minimum atomic E-state index is -0.495. The number of rotatable bonds is 5. The summed E-state index contributed by atoms with van der Waals surface area (Å²) in [5.74, 6) is 0.664. The zero-order chi connectivity index (χ0) is 10.4. The number of nitrogens with two attached hydrogens (primary N) is 1. The molecular weight excluding hydrogens is 205 g/mol. The molecule has 2 nitrogen and oxygen atoms in total. The van der Waals surface area contributed by atoms with Crippen molar-refractivity contribution in [3.8, 4) is 5.75 Å². The molecule has 1 aromatic carbocycles. The summed E-state index contributed by atoms with van der Waals surface area (Å²) in [5.41, 5.74) is 6.36. The molecule has 0 amide bonds. The zero-order valence-corrected chi connectivity index (χ0v) is 8.56. The molecule has 0 fully saturated rings. The van der Waals surface area contributed by atoms with Crippen molar-refractivity contribution in [3.63, 3.8) is 0 Å². The van der Waals surface area contributed by atoms with Crippen molar-refractivity contribution in [2.24, 2.45) is 5.73 Å². The average molecular weight is 218 g/mol. The second kappa shape index (κ2) is 5.83. The van der Waals surface area contributed by atoms with Crippen LogP contribution in [-0.2, 0) is 6.42 Å². The van der Waals surface area contributed by atoms with Crippen molar-refractivity contribution in [2.45, 2.75) is 6.42 Å². The normalized spacial score (nSPS) is 10.2. The molecule has 2 N–H and O–H groups in total. The Morgan fingerprint density at radius 2 is 2.21 bits per heavy atom. The molecule has 14 heavy (non-hydrogen) atoms. The van der Waals surface area contributed by atoms with E-state index in [9.17, 15) is 4.39 Å². The van der Waals surface area contributed by atoms with Crippen LogP contribution in [0.2, 0.25) is 5.02 Å². The topological polar surface area (TPSA) is 35.2 Å². The number of benzene rings is 1. The number of alkyl halides is 1. The molecular formula is C10H13ClFNO. The van der Waals surface area contributed by atoms with Gasteiger partial charge in [-0.25, -0.2) is 4.39 Å². The highest BCUT2D eigenvalue weighted by Crippen LogP contribution is 2.23. The van der Waals surface area contributed by atoms with Crippen LogP contribution in [0.15, 0.2) is 18.2 Å². The molecule has 0 atom stereocenters. The summed E-state index contributed by atoms with van der Waals surface area (Å²) in [6.45, 7) is 0.0935. The third kappa shape index (κ3) is 3.16. The van der Waals surface area contributed by atoms with Crippen molar-refractivity contribution >= 4 is 11.6 Å². The first-order valence-corrected chi connectivity index (χ1v) is 4.83. The van der Waals surface area contributed by atoms with Crippen molar-refractivity contribution in [3.05, 3.63) is 28.8 Å². The van der Waals surface area contributed by atoms with E-state index in [1.807, 2.05) is 0 Å². The Morgan fingerprint density at radius 3 is 2.86 bits per heavy atom. The fourth-order valence-corrected chi connectivity index (χ4v) is 1.38. The van der Waals surface area contributed by atoms with Gasteiger partial charge in [0.1, 0.15) is 19.0 Å². The van der Waals surface area contributed by atoms with E-state index < -0.39 is 6.67 Å². The molecule has 0 bridgehead atoms. The molecule has 0 aliphatic carbocycles. The van der Waals surface area contributed by atoms with Gasteiger partial charge in [0.25, 0.3) is 0 Å². The SMILES string of the molecule is NCCc1cc(Cl)ccc1OCCF. The van der Waals surface area contributed by atoms with Gasteiger partial charge in [-0.3, -0.25) is 0 Å². The standard InChI is InChI=1S/C10H13ClFNO/c11-9-1-2-10(14-6-4-12)8(7-9)3-5-13/h1-2,7H,3-6,13H2. The summed E-state index contributed by atoms with van der Waals surface area (Å²) in [6, 6.07) is 5.25. The van der Waals surface area contributed by atoms with Crippen molar-refractivity contribution in [1.29, 1.82) is 0 Å². The summed E-state index contributed by atoms with van der Waals surface area (Å²) in [5, 5.41) is 0.640. The molecule has 0 radical (unpaired) electrons. The second-order valence-electron chi connectivity index (χ2n) is 2.83. The van der Waals surface area contributed by atoms with Gasteiger partial charge in [-0.1, -0.05) is 11.6 Å². The molecule has 1 rings (SSSR count). The minimum Gasteiger partial charge on any atom is -0.491 e. The number of hydrogen-bond donors (Lipinski definition) is 1. The molecule has 0 unspecified atom stereocenters. The van der Waals surface area contributed by atoms with Crippen LogP contribution in [0.4, 0.5) is 4.39 Å². The van der Waals surface area contributed by atoms with Crippen LogP contribution in [-0.4, -0.2) is 19.8 Å². The molecule has 1 aromatic rings. The maximum atomic E-state index is 11.9. The maximum absolute atomic E-state index is 11.9. The molecule has 0 heterocycles. The van der Waals surface area contributed by atoms with E-state index in [1.165, 1.54) is 0 Å². The van der Waals surface area contributed by atoms with Crippen molar-refractivity contribution in [1.82, 2.24) is 0 Å². The van der Waals surface area contributed by atoms with Gasteiger partial charge in [0.2, 0.25) is 0 Å². The molecule has 0 spiro atoms. The van der Waals surface area contributed by atoms with E-state index in [1.54, 1.807) is 18.2 Å². The molecule has 0 saturated heterocycles. The fourth-order valence-electron chi connectivity index (χ4n) is 1.19. The largest absolute Gasteiger partial charge is 0.491 e. The Balaban J connectivity index is 2.78. The Labute approximate surface area is 87.8 Å². The molecule has 0 saturated carbocycles. The quantitative estimate of drug-likeness (QED) is 0.821. The lowest BCUT2D eigenvalue weighted by Crippen LogP contribution is -2.06. The van der Waals surface area contributed by atoms with Crippen molar-refractivity contribution in [2.75, 3.05) is 19.8 Å². The third-order valence-electron chi connectivity index (χ3n) is 1.77. The molecule has 4 heteroatoms. The lowest BCUT2D eigenvalue weighted by molar-refractivity contribution is 0.271. The van der Waals surface area contributed by atoms with Gasteiger partial charge in [0.05, 0.1) is 0 Å². The summed E-state index contributed by atoms with van der Waals surface area (Å²) in [4.78, 5) is 0. The van der Waals surface area contributed by atoms with Crippen LogP contribution < -0.4 is 10.5 Å².